The second-order valence-electron chi connectivity index (χ2n) is 6.50. The van der Waals surface area contributed by atoms with Gasteiger partial charge in [-0.15, -0.1) is 0 Å². The summed E-state index contributed by atoms with van der Waals surface area (Å²) in [5, 5.41) is 0. The smallest absolute Gasteiger partial charge is 0.333 e. The standard InChI is InChI=1S/C22H22O6S/c1-15(2)21(23)27-13-17-5-9-19(10-6-17)29(25,26)20-11-7-18(8-12-20)14-28-22(24)16(3)4/h5-12H,1,3,13-14H2,2,4H3. The number of esters is 2. The fourth-order valence-corrected chi connectivity index (χ4v) is 3.47. The fraction of sp³-hybridized carbons (Fsp3) is 0.182. The maximum Gasteiger partial charge on any atom is 0.333 e. The molecule has 0 atom stereocenters. The van der Waals surface area contributed by atoms with Gasteiger partial charge in [-0.05, 0) is 49.2 Å². The SMILES string of the molecule is C=C(C)C(=O)OCc1ccc(S(=O)(=O)c2ccc(COC(=O)C(=C)C)cc2)cc1. The Kier molecular flexibility index (Phi) is 7.12. The highest BCUT2D eigenvalue weighted by Gasteiger charge is 2.18. The minimum atomic E-state index is -3.71. The lowest BCUT2D eigenvalue weighted by Gasteiger charge is -2.08. The van der Waals surface area contributed by atoms with E-state index in [0.717, 1.165) is 0 Å². The predicted molar refractivity (Wildman–Crippen MR) is 108 cm³/mol. The molecule has 2 rings (SSSR count). The minimum absolute atomic E-state index is 0.0314. The molecule has 0 aliphatic heterocycles. The van der Waals surface area contributed by atoms with E-state index in [-0.39, 0.29) is 23.0 Å². The molecule has 0 spiro atoms. The van der Waals surface area contributed by atoms with Crippen molar-refractivity contribution in [3.05, 3.63) is 84.0 Å². The number of rotatable bonds is 8. The van der Waals surface area contributed by atoms with E-state index in [1.54, 1.807) is 38.1 Å². The van der Waals surface area contributed by atoms with Crippen molar-refractivity contribution in [1.82, 2.24) is 0 Å². The van der Waals surface area contributed by atoms with E-state index in [1.165, 1.54) is 24.3 Å². The summed E-state index contributed by atoms with van der Waals surface area (Å²) in [6, 6.07) is 12.2. The van der Waals surface area contributed by atoms with Crippen LogP contribution in [0.5, 0.6) is 0 Å². The Labute approximate surface area is 170 Å². The minimum Gasteiger partial charge on any atom is -0.457 e. The average molecular weight is 414 g/mol. The quantitative estimate of drug-likeness (QED) is 0.483. The Morgan fingerprint density at radius 1 is 0.724 bits per heavy atom. The molecule has 0 fully saturated rings. The van der Waals surface area contributed by atoms with E-state index >= 15 is 0 Å². The zero-order valence-corrected chi connectivity index (χ0v) is 17.1. The highest BCUT2D eigenvalue weighted by Crippen LogP contribution is 2.22. The number of sulfone groups is 1. The molecule has 2 aromatic rings. The van der Waals surface area contributed by atoms with Crippen LogP contribution in [0.25, 0.3) is 0 Å². The number of hydrogen-bond donors (Lipinski definition) is 0. The van der Waals surface area contributed by atoms with Gasteiger partial charge in [0, 0.05) is 11.1 Å². The Bertz CT molecular complexity index is 952. The van der Waals surface area contributed by atoms with Crippen molar-refractivity contribution in [3.63, 3.8) is 0 Å². The first-order chi connectivity index (χ1) is 13.6. The van der Waals surface area contributed by atoms with Crippen molar-refractivity contribution in [3.8, 4) is 0 Å². The number of hydrogen-bond acceptors (Lipinski definition) is 6. The molecule has 0 bridgehead atoms. The predicted octanol–water partition coefficient (Wildman–Crippen LogP) is 3.76. The van der Waals surface area contributed by atoms with Crippen molar-refractivity contribution < 1.29 is 27.5 Å². The molecule has 152 valence electrons. The van der Waals surface area contributed by atoms with Crippen LogP contribution in [0.15, 0.2) is 82.6 Å². The molecule has 0 aliphatic rings. The Morgan fingerprint density at radius 3 is 1.31 bits per heavy atom. The average Bonchev–Trinajstić information content (AvgIpc) is 2.70. The molecule has 29 heavy (non-hydrogen) atoms. The van der Waals surface area contributed by atoms with Gasteiger partial charge in [0.25, 0.3) is 0 Å². The van der Waals surface area contributed by atoms with E-state index in [2.05, 4.69) is 13.2 Å². The topological polar surface area (TPSA) is 86.7 Å². The molecular formula is C22H22O6S. The molecule has 7 heteroatoms. The summed E-state index contributed by atoms with van der Waals surface area (Å²) < 4.78 is 35.6. The third-order valence-corrected chi connectivity index (χ3v) is 5.69. The zero-order chi connectivity index (χ0) is 21.6. The van der Waals surface area contributed by atoms with Crippen LogP contribution in [0.2, 0.25) is 0 Å². The van der Waals surface area contributed by atoms with Crippen molar-refractivity contribution in [2.45, 2.75) is 36.9 Å². The maximum absolute atomic E-state index is 12.8. The summed E-state index contributed by atoms with van der Waals surface area (Å²) in [4.78, 5) is 23.1. The summed E-state index contributed by atoms with van der Waals surface area (Å²) >= 11 is 0. The maximum atomic E-state index is 12.8. The lowest BCUT2D eigenvalue weighted by molar-refractivity contribution is -0.141. The van der Waals surface area contributed by atoms with Crippen LogP contribution >= 0.6 is 0 Å². The van der Waals surface area contributed by atoms with Gasteiger partial charge in [0.1, 0.15) is 13.2 Å². The van der Waals surface area contributed by atoms with Gasteiger partial charge in [0.2, 0.25) is 9.84 Å². The highest BCUT2D eigenvalue weighted by atomic mass is 32.2. The van der Waals surface area contributed by atoms with Crippen molar-refractivity contribution in [1.29, 1.82) is 0 Å². The van der Waals surface area contributed by atoms with Crippen LogP contribution in [0.3, 0.4) is 0 Å². The first kappa shape index (κ1) is 22.1. The van der Waals surface area contributed by atoms with Gasteiger partial charge in [-0.2, -0.15) is 0 Å². The number of ether oxygens (including phenoxy) is 2. The number of carbonyl (C=O) groups is 2. The molecule has 0 saturated heterocycles. The Morgan fingerprint density at radius 2 is 1.03 bits per heavy atom. The third kappa shape index (κ3) is 5.89. The van der Waals surface area contributed by atoms with Crippen molar-refractivity contribution in [2.75, 3.05) is 0 Å². The van der Waals surface area contributed by atoms with Gasteiger partial charge in [-0.25, -0.2) is 18.0 Å². The molecule has 0 heterocycles. The van der Waals surface area contributed by atoms with Crippen molar-refractivity contribution >= 4 is 21.8 Å². The summed E-state index contributed by atoms with van der Waals surface area (Å²) in [5.41, 5.74) is 1.91. The van der Waals surface area contributed by atoms with Crippen LogP contribution in [0, 0.1) is 0 Å². The first-order valence-corrected chi connectivity index (χ1v) is 10.2. The third-order valence-electron chi connectivity index (χ3n) is 3.90. The zero-order valence-electron chi connectivity index (χ0n) is 16.3. The number of carbonyl (C=O) groups excluding carboxylic acids is 2. The molecule has 0 unspecified atom stereocenters. The van der Waals surface area contributed by atoms with Crippen LogP contribution in [0.4, 0.5) is 0 Å². The van der Waals surface area contributed by atoms with Crippen LogP contribution in [0.1, 0.15) is 25.0 Å². The monoisotopic (exact) mass is 414 g/mol. The van der Waals surface area contributed by atoms with Gasteiger partial charge >= 0.3 is 11.9 Å². The van der Waals surface area contributed by atoms with Crippen LogP contribution < -0.4 is 0 Å². The van der Waals surface area contributed by atoms with Crippen LogP contribution in [-0.2, 0) is 42.1 Å². The second-order valence-corrected chi connectivity index (χ2v) is 8.45. The summed E-state index contributed by atoms with van der Waals surface area (Å²) in [6.07, 6.45) is 0. The fourth-order valence-electron chi connectivity index (χ4n) is 2.21. The molecule has 0 aliphatic carbocycles. The molecule has 0 amide bonds. The first-order valence-electron chi connectivity index (χ1n) is 8.69. The molecule has 0 aromatic heterocycles. The number of benzene rings is 2. The Hall–Kier alpha value is -3.19. The van der Waals surface area contributed by atoms with E-state index in [1.807, 2.05) is 0 Å². The molecule has 0 saturated carbocycles. The van der Waals surface area contributed by atoms with Crippen LogP contribution in [-0.4, -0.2) is 20.4 Å². The molecular weight excluding hydrogens is 392 g/mol. The lowest BCUT2D eigenvalue weighted by Crippen LogP contribution is -2.06. The lowest BCUT2D eigenvalue weighted by atomic mass is 10.2. The van der Waals surface area contributed by atoms with Gasteiger partial charge in [-0.3, -0.25) is 0 Å². The van der Waals surface area contributed by atoms with E-state index in [0.29, 0.717) is 22.3 Å². The highest BCUT2D eigenvalue weighted by molar-refractivity contribution is 7.91. The summed E-state index contributed by atoms with van der Waals surface area (Å²) in [6.45, 7) is 10.2. The second kappa shape index (κ2) is 9.34. The summed E-state index contributed by atoms with van der Waals surface area (Å²) in [7, 11) is -3.71. The molecule has 0 N–H and O–H groups in total. The molecule has 6 nitrogen and oxygen atoms in total. The van der Waals surface area contributed by atoms with Crippen molar-refractivity contribution in [2.24, 2.45) is 0 Å². The normalized spacial score (nSPS) is 10.8. The van der Waals surface area contributed by atoms with Gasteiger partial charge < -0.3 is 9.47 Å². The van der Waals surface area contributed by atoms with E-state index in [9.17, 15) is 18.0 Å². The Balaban J connectivity index is 2.08. The van der Waals surface area contributed by atoms with Gasteiger partial charge in [-0.1, -0.05) is 37.4 Å². The van der Waals surface area contributed by atoms with Gasteiger partial charge in [0.05, 0.1) is 9.79 Å². The van der Waals surface area contributed by atoms with Gasteiger partial charge in [0.15, 0.2) is 0 Å². The van der Waals surface area contributed by atoms with E-state index < -0.39 is 21.8 Å². The molecule has 2 aromatic carbocycles. The summed E-state index contributed by atoms with van der Waals surface area (Å²) in [5.74, 6) is -1.01. The van der Waals surface area contributed by atoms with E-state index in [4.69, 9.17) is 9.47 Å². The molecule has 0 radical (unpaired) electrons. The largest absolute Gasteiger partial charge is 0.457 e.